The van der Waals surface area contributed by atoms with Gasteiger partial charge in [0, 0.05) is 61.9 Å². The zero-order valence-electron chi connectivity index (χ0n) is 17.3. The van der Waals surface area contributed by atoms with Gasteiger partial charge in [-0.25, -0.2) is 0 Å². The summed E-state index contributed by atoms with van der Waals surface area (Å²) in [5.41, 5.74) is 0. The van der Waals surface area contributed by atoms with Crippen LogP contribution < -0.4 is 0 Å². The highest BCUT2D eigenvalue weighted by Crippen LogP contribution is 2.16. The normalized spacial score (nSPS) is 17.6. The van der Waals surface area contributed by atoms with E-state index in [1.165, 1.54) is 12.8 Å². The van der Waals surface area contributed by atoms with Gasteiger partial charge in [0.15, 0.2) is 0 Å². The van der Waals surface area contributed by atoms with E-state index < -0.39 is 0 Å². The van der Waals surface area contributed by atoms with Crippen molar-refractivity contribution in [3.8, 4) is 0 Å². The molecule has 1 unspecified atom stereocenters. The maximum Gasteiger partial charge on any atom is 0.0900 e. The Bertz CT molecular complexity index is 203. The minimum Gasteiger partial charge on any atom is -0.389 e. The number of aliphatic hydroxyl groups excluding tert-OH is 1. The molecular formula is C18H43NO5. The molecule has 2 atom stereocenters. The summed E-state index contributed by atoms with van der Waals surface area (Å²) in [5.74, 6) is 0. The molecule has 0 aromatic rings. The van der Waals surface area contributed by atoms with Crippen molar-refractivity contribution in [1.29, 1.82) is 0 Å². The minimum absolute atomic E-state index is 0.317. The van der Waals surface area contributed by atoms with Crippen molar-refractivity contribution < 1.29 is 24.1 Å². The van der Waals surface area contributed by atoms with Crippen LogP contribution >= 0.6 is 0 Å². The van der Waals surface area contributed by atoms with E-state index in [1.807, 2.05) is 0 Å². The van der Waals surface area contributed by atoms with Crippen LogP contribution in [0.15, 0.2) is 0 Å². The van der Waals surface area contributed by atoms with Gasteiger partial charge in [-0.1, -0.05) is 13.3 Å². The molecule has 1 aliphatic heterocycles. The summed E-state index contributed by atoms with van der Waals surface area (Å²) in [6, 6.07) is 0.635. The first-order chi connectivity index (χ1) is 11.5. The second kappa shape index (κ2) is 25.0. The highest BCUT2D eigenvalue weighted by atomic mass is 16.5. The second-order valence-corrected chi connectivity index (χ2v) is 5.79. The van der Waals surface area contributed by atoms with Crippen LogP contribution in [0.1, 0.15) is 39.5 Å². The van der Waals surface area contributed by atoms with Crippen LogP contribution in [0.2, 0.25) is 0 Å². The molecule has 1 saturated heterocycles. The Hall–Kier alpha value is -0.240. The quantitative estimate of drug-likeness (QED) is 0.710. The summed E-state index contributed by atoms with van der Waals surface area (Å²) < 4.78 is 18.2. The Morgan fingerprint density at radius 1 is 1.04 bits per heavy atom. The van der Waals surface area contributed by atoms with Crippen LogP contribution in [0.4, 0.5) is 0 Å². The smallest absolute Gasteiger partial charge is 0.0900 e. The summed E-state index contributed by atoms with van der Waals surface area (Å²) in [6.07, 6.45) is 4.46. The molecule has 150 valence electrons. The molecule has 6 nitrogen and oxygen atoms in total. The van der Waals surface area contributed by atoms with E-state index in [4.69, 9.17) is 4.74 Å². The van der Waals surface area contributed by atoms with E-state index in [2.05, 4.69) is 33.0 Å². The van der Waals surface area contributed by atoms with Crippen molar-refractivity contribution in [2.45, 2.75) is 51.7 Å². The molecule has 0 aliphatic carbocycles. The first-order valence-corrected chi connectivity index (χ1v) is 8.68. The Balaban J connectivity index is -0.000000410. The third kappa shape index (κ3) is 24.0. The predicted octanol–water partition coefficient (Wildman–Crippen LogP) is 2.44. The molecule has 0 saturated carbocycles. The lowest BCUT2D eigenvalue weighted by molar-refractivity contribution is 0.0147. The highest BCUT2D eigenvalue weighted by molar-refractivity contribution is 4.77. The van der Waals surface area contributed by atoms with Crippen molar-refractivity contribution in [3.63, 3.8) is 0 Å². The summed E-state index contributed by atoms with van der Waals surface area (Å²) in [7, 11) is 9.75. The maximum absolute atomic E-state index is 9.76. The van der Waals surface area contributed by atoms with Crippen molar-refractivity contribution in [3.05, 3.63) is 0 Å². The van der Waals surface area contributed by atoms with Gasteiger partial charge in [-0.15, -0.1) is 0 Å². The van der Waals surface area contributed by atoms with E-state index in [-0.39, 0.29) is 6.10 Å². The highest BCUT2D eigenvalue weighted by Gasteiger charge is 2.22. The first kappa shape index (κ1) is 28.6. The lowest BCUT2D eigenvalue weighted by Crippen LogP contribution is -2.36. The number of hydrogen-bond donors (Lipinski definition) is 1. The molecule has 1 N–H and O–H groups in total. The van der Waals surface area contributed by atoms with Gasteiger partial charge in [0.2, 0.25) is 0 Å². The molecule has 24 heavy (non-hydrogen) atoms. The molecule has 0 radical (unpaired) electrons. The predicted molar refractivity (Wildman–Crippen MR) is 101 cm³/mol. The van der Waals surface area contributed by atoms with Crippen molar-refractivity contribution in [1.82, 2.24) is 4.90 Å². The molecular weight excluding hydrogens is 310 g/mol. The zero-order chi connectivity index (χ0) is 19.2. The average Bonchev–Trinajstić information content (AvgIpc) is 2.91. The van der Waals surface area contributed by atoms with Gasteiger partial charge in [-0.3, -0.25) is 4.90 Å². The second-order valence-electron chi connectivity index (χ2n) is 5.79. The van der Waals surface area contributed by atoms with Gasteiger partial charge in [0.25, 0.3) is 0 Å². The number of methoxy groups -OCH3 is 3. The van der Waals surface area contributed by atoms with Crippen LogP contribution in [0.5, 0.6) is 0 Å². The molecule has 1 aliphatic rings. The van der Waals surface area contributed by atoms with Crippen LogP contribution in [-0.2, 0) is 18.9 Å². The maximum atomic E-state index is 9.76. The fourth-order valence-corrected chi connectivity index (χ4v) is 2.05. The van der Waals surface area contributed by atoms with Gasteiger partial charge >= 0.3 is 0 Å². The van der Waals surface area contributed by atoms with E-state index in [1.54, 1.807) is 42.7 Å². The topological polar surface area (TPSA) is 60.4 Å². The van der Waals surface area contributed by atoms with E-state index in [9.17, 15) is 5.11 Å². The number of likely N-dealkylation sites (tertiary alicyclic amines) is 1. The summed E-state index contributed by atoms with van der Waals surface area (Å²) in [5, 5.41) is 9.76. The Kier molecular flexibility index (Phi) is 29.8. The monoisotopic (exact) mass is 353 g/mol. The summed E-state index contributed by atoms with van der Waals surface area (Å²) in [6.45, 7) is 7.55. The zero-order valence-corrected chi connectivity index (χ0v) is 17.3. The van der Waals surface area contributed by atoms with Gasteiger partial charge in [-0.05, 0) is 32.7 Å². The fourth-order valence-electron chi connectivity index (χ4n) is 2.05. The molecule has 0 aromatic carbocycles. The van der Waals surface area contributed by atoms with E-state index in [0.29, 0.717) is 12.6 Å². The number of aliphatic hydroxyl groups is 1. The molecule has 6 heteroatoms. The van der Waals surface area contributed by atoms with Crippen LogP contribution in [0, 0.1) is 0 Å². The Morgan fingerprint density at radius 2 is 1.54 bits per heavy atom. The van der Waals surface area contributed by atoms with Crippen LogP contribution in [0.25, 0.3) is 0 Å². The lowest BCUT2D eigenvalue weighted by atomic mass is 10.2. The molecule has 0 amide bonds. The van der Waals surface area contributed by atoms with Gasteiger partial charge in [0.05, 0.1) is 12.7 Å². The number of nitrogens with zero attached hydrogens (tertiary/aromatic N) is 1. The van der Waals surface area contributed by atoms with Crippen molar-refractivity contribution >= 4 is 0 Å². The van der Waals surface area contributed by atoms with E-state index in [0.717, 1.165) is 32.5 Å². The SMILES string of the molecule is CCCCOCC(O)CN1CCC[C@H]1C.COC.COC.COC. The summed E-state index contributed by atoms with van der Waals surface area (Å²) in [4.78, 5) is 2.36. The minimum atomic E-state index is -0.317. The molecule has 1 rings (SSSR count). The first-order valence-electron chi connectivity index (χ1n) is 8.68. The molecule has 1 heterocycles. The number of rotatable bonds is 7. The third-order valence-electron chi connectivity index (χ3n) is 3.09. The average molecular weight is 354 g/mol. The molecule has 0 aromatic heterocycles. The van der Waals surface area contributed by atoms with Crippen molar-refractivity contribution in [2.24, 2.45) is 0 Å². The number of hydrogen-bond acceptors (Lipinski definition) is 6. The number of unbranched alkanes of at least 4 members (excludes halogenated alkanes) is 1. The van der Waals surface area contributed by atoms with Gasteiger partial charge in [0.1, 0.15) is 0 Å². The van der Waals surface area contributed by atoms with E-state index >= 15 is 0 Å². The van der Waals surface area contributed by atoms with Gasteiger partial charge in [-0.2, -0.15) is 0 Å². The lowest BCUT2D eigenvalue weighted by Gasteiger charge is -2.23. The Morgan fingerprint density at radius 3 is 1.92 bits per heavy atom. The molecule has 0 spiro atoms. The number of ether oxygens (including phenoxy) is 4. The molecule has 1 fully saturated rings. The van der Waals surface area contributed by atoms with Crippen molar-refractivity contribution in [2.75, 3.05) is 69.0 Å². The molecule has 0 bridgehead atoms. The fraction of sp³-hybridized carbons (Fsp3) is 1.00. The number of β-amino-alcohol motifs (C(OH)–C–C–N with tert-alkyl or cyclic N) is 1. The largest absolute Gasteiger partial charge is 0.389 e. The van der Waals surface area contributed by atoms with Crippen LogP contribution in [-0.4, -0.2) is 91.1 Å². The Labute approximate surface area is 150 Å². The third-order valence-corrected chi connectivity index (χ3v) is 3.09. The van der Waals surface area contributed by atoms with Gasteiger partial charge < -0.3 is 24.1 Å². The summed E-state index contributed by atoms with van der Waals surface area (Å²) >= 11 is 0. The van der Waals surface area contributed by atoms with Crippen LogP contribution in [0.3, 0.4) is 0 Å². The standard InChI is InChI=1S/C12H25NO2.3C2H6O/c1-3-4-8-15-10-12(14)9-13-7-5-6-11(13)2;3*1-3-2/h11-12,14H,3-10H2,1-2H3;3*1-2H3/t11-,12?;;;/m1.../s1.